The van der Waals surface area contributed by atoms with Crippen LogP contribution in [0, 0.1) is 5.92 Å². The van der Waals surface area contributed by atoms with E-state index in [1.165, 1.54) is 141 Å². The molecule has 0 aromatic rings. The number of hydrogen-bond donors (Lipinski definition) is 3. The van der Waals surface area contributed by atoms with Gasteiger partial charge in [-0.1, -0.05) is 290 Å². The van der Waals surface area contributed by atoms with Crippen molar-refractivity contribution in [3.63, 3.8) is 0 Å². The average molecular weight is 1320 g/mol. The number of allylic oxidation sites excluding steroid dienone is 4. The van der Waals surface area contributed by atoms with E-state index in [1.807, 2.05) is 0 Å². The van der Waals surface area contributed by atoms with E-state index in [1.54, 1.807) is 0 Å². The van der Waals surface area contributed by atoms with E-state index < -0.39 is 97.5 Å². The summed E-state index contributed by atoms with van der Waals surface area (Å²) >= 11 is 0. The predicted octanol–water partition coefficient (Wildman–Crippen LogP) is 20.1. The fourth-order valence-corrected chi connectivity index (χ4v) is 11.8. The SMILES string of the molecule is CCCCCC/C=C\C=C/CCCCCCCC(=O)OC[C@H](COP(=O)(O)OC[C@@H](O)COP(=O)(O)OC[C@@H](COC(=O)CCCCCCCCCC)OC(=O)CCCCCCCCCCC)OC(=O)CCCCCCCCCCCCCCCCC(C)CC. The zero-order valence-electron chi connectivity index (χ0n) is 57.8. The predicted molar refractivity (Wildman–Crippen MR) is 363 cm³/mol. The third-order valence-electron chi connectivity index (χ3n) is 16.3. The van der Waals surface area contributed by atoms with Crippen molar-refractivity contribution in [1.29, 1.82) is 0 Å². The summed E-state index contributed by atoms with van der Waals surface area (Å²) in [5, 5.41) is 10.6. The van der Waals surface area contributed by atoms with Crippen molar-refractivity contribution in [3.8, 4) is 0 Å². The highest BCUT2D eigenvalue weighted by molar-refractivity contribution is 7.47. The number of aliphatic hydroxyl groups excluding tert-OH is 1. The fourth-order valence-electron chi connectivity index (χ4n) is 10.2. The van der Waals surface area contributed by atoms with Crippen molar-refractivity contribution < 1.29 is 80.2 Å². The summed E-state index contributed by atoms with van der Waals surface area (Å²) in [7, 11) is -9.90. The molecule has 530 valence electrons. The largest absolute Gasteiger partial charge is 0.472 e. The van der Waals surface area contributed by atoms with E-state index in [0.717, 1.165) is 121 Å². The average Bonchev–Trinajstić information content (AvgIpc) is 3.37. The van der Waals surface area contributed by atoms with Crippen molar-refractivity contribution >= 4 is 39.5 Å². The molecule has 0 aromatic carbocycles. The number of ether oxygens (including phenoxy) is 4. The van der Waals surface area contributed by atoms with Crippen molar-refractivity contribution in [2.24, 2.45) is 5.92 Å². The molecule has 0 aromatic heterocycles. The second-order valence-electron chi connectivity index (χ2n) is 25.2. The maximum atomic E-state index is 13.0. The zero-order valence-corrected chi connectivity index (χ0v) is 59.5. The lowest BCUT2D eigenvalue weighted by Gasteiger charge is -2.21. The Balaban J connectivity index is 5.23. The van der Waals surface area contributed by atoms with Gasteiger partial charge in [-0.05, 0) is 57.3 Å². The summed E-state index contributed by atoms with van der Waals surface area (Å²) in [5.74, 6) is -1.31. The molecule has 0 heterocycles. The third-order valence-corrected chi connectivity index (χ3v) is 18.2. The number of hydrogen-bond acceptors (Lipinski definition) is 15. The van der Waals surface area contributed by atoms with Crippen LogP contribution in [0.25, 0.3) is 0 Å². The van der Waals surface area contributed by atoms with E-state index in [2.05, 4.69) is 58.9 Å². The van der Waals surface area contributed by atoms with Gasteiger partial charge in [-0.15, -0.1) is 0 Å². The minimum Gasteiger partial charge on any atom is -0.462 e. The Hall–Kier alpha value is -2.46. The standard InChI is InChI=1S/C71H134O17P2/c1-6-10-13-16-19-22-23-24-25-29-32-36-40-45-50-55-69(74)82-61-67(88-71(76)57-52-47-42-37-33-30-27-26-28-31-35-38-43-48-53-64(5)9-4)63-86-90(79,80)84-59-65(72)58-83-89(77,78)85-62-66(60-81-68(73)54-49-44-39-21-18-15-12-8-3)87-70(75)56-51-46-41-34-20-17-14-11-7-2/h22-25,64-67,72H,6-21,26-63H2,1-5H3,(H,77,78)(H,79,80)/b23-22-,25-24-/t64?,65-,66+,67+/m0/s1. The highest BCUT2D eigenvalue weighted by Crippen LogP contribution is 2.45. The van der Waals surface area contributed by atoms with Crippen LogP contribution in [0.2, 0.25) is 0 Å². The Labute approximate surface area is 548 Å². The van der Waals surface area contributed by atoms with Gasteiger partial charge in [0.2, 0.25) is 0 Å². The molecule has 6 atom stereocenters. The quantitative estimate of drug-likeness (QED) is 0.0169. The molecule has 0 spiro atoms. The van der Waals surface area contributed by atoms with Crippen molar-refractivity contribution in [2.45, 2.75) is 361 Å². The number of aliphatic hydroxyl groups is 1. The van der Waals surface area contributed by atoms with Crippen LogP contribution in [0.4, 0.5) is 0 Å². The third kappa shape index (κ3) is 63.0. The monoisotopic (exact) mass is 1320 g/mol. The first kappa shape index (κ1) is 87.5. The number of unbranched alkanes of at least 4 members (excludes halogenated alkanes) is 37. The van der Waals surface area contributed by atoms with Gasteiger partial charge in [0.15, 0.2) is 12.2 Å². The van der Waals surface area contributed by atoms with Crippen LogP contribution in [0.3, 0.4) is 0 Å². The molecule has 0 rings (SSSR count). The van der Waals surface area contributed by atoms with Crippen LogP contribution in [-0.4, -0.2) is 96.7 Å². The minimum absolute atomic E-state index is 0.101. The second kappa shape index (κ2) is 63.9. The highest BCUT2D eigenvalue weighted by atomic mass is 31.2. The topological polar surface area (TPSA) is 237 Å². The van der Waals surface area contributed by atoms with E-state index >= 15 is 0 Å². The molecular weight excluding hydrogens is 1190 g/mol. The maximum absolute atomic E-state index is 13.0. The molecule has 0 aliphatic carbocycles. The van der Waals surface area contributed by atoms with Gasteiger partial charge in [0, 0.05) is 25.7 Å². The number of esters is 4. The van der Waals surface area contributed by atoms with E-state index in [-0.39, 0.29) is 25.7 Å². The van der Waals surface area contributed by atoms with Gasteiger partial charge in [0.1, 0.15) is 19.3 Å². The van der Waals surface area contributed by atoms with Crippen LogP contribution < -0.4 is 0 Å². The second-order valence-corrected chi connectivity index (χ2v) is 28.1. The Morgan fingerprint density at radius 1 is 0.356 bits per heavy atom. The van der Waals surface area contributed by atoms with Gasteiger partial charge in [-0.25, -0.2) is 9.13 Å². The molecular formula is C71H134O17P2. The maximum Gasteiger partial charge on any atom is 0.472 e. The van der Waals surface area contributed by atoms with Crippen LogP contribution >= 0.6 is 15.6 Å². The number of carbonyl (C=O) groups is 4. The normalized spacial score (nSPS) is 14.5. The lowest BCUT2D eigenvalue weighted by atomic mass is 9.99. The summed E-state index contributed by atoms with van der Waals surface area (Å²) < 4.78 is 68.1. The van der Waals surface area contributed by atoms with Crippen LogP contribution in [0.15, 0.2) is 24.3 Å². The fraction of sp³-hybridized carbons (Fsp3) is 0.887. The molecule has 3 N–H and O–H groups in total. The Morgan fingerprint density at radius 2 is 0.622 bits per heavy atom. The number of phosphoric ester groups is 2. The van der Waals surface area contributed by atoms with E-state index in [4.69, 9.17) is 37.0 Å². The Kier molecular flexibility index (Phi) is 62.2. The van der Waals surface area contributed by atoms with Crippen molar-refractivity contribution in [2.75, 3.05) is 39.6 Å². The van der Waals surface area contributed by atoms with Gasteiger partial charge < -0.3 is 33.8 Å². The molecule has 0 bridgehead atoms. The molecule has 0 saturated heterocycles. The zero-order chi connectivity index (χ0) is 66.3. The molecule has 0 fully saturated rings. The number of rotatable bonds is 69. The molecule has 0 amide bonds. The summed E-state index contributed by atoms with van der Waals surface area (Å²) in [6.07, 6.45) is 53.5. The molecule has 0 aliphatic rings. The number of phosphoric acid groups is 2. The lowest BCUT2D eigenvalue weighted by molar-refractivity contribution is -0.161. The van der Waals surface area contributed by atoms with Gasteiger partial charge in [-0.2, -0.15) is 0 Å². The van der Waals surface area contributed by atoms with E-state index in [0.29, 0.717) is 25.7 Å². The van der Waals surface area contributed by atoms with Crippen molar-refractivity contribution in [1.82, 2.24) is 0 Å². The summed E-state index contributed by atoms with van der Waals surface area (Å²) in [6.45, 7) is 7.19. The van der Waals surface area contributed by atoms with Gasteiger partial charge in [0.25, 0.3) is 0 Å². The summed E-state index contributed by atoms with van der Waals surface area (Å²) in [5.41, 5.74) is 0. The Morgan fingerprint density at radius 3 is 0.944 bits per heavy atom. The van der Waals surface area contributed by atoms with Crippen LogP contribution in [0.1, 0.15) is 343 Å². The smallest absolute Gasteiger partial charge is 0.462 e. The van der Waals surface area contributed by atoms with Crippen LogP contribution in [0.5, 0.6) is 0 Å². The van der Waals surface area contributed by atoms with Gasteiger partial charge in [-0.3, -0.25) is 37.3 Å². The minimum atomic E-state index is -4.96. The first-order valence-corrected chi connectivity index (χ1v) is 39.5. The summed E-state index contributed by atoms with van der Waals surface area (Å²) in [6, 6.07) is 0. The molecule has 0 saturated carbocycles. The van der Waals surface area contributed by atoms with Crippen LogP contribution in [-0.2, 0) is 65.4 Å². The molecule has 3 unspecified atom stereocenters. The Bertz CT molecular complexity index is 1830. The lowest BCUT2D eigenvalue weighted by Crippen LogP contribution is -2.30. The highest BCUT2D eigenvalue weighted by Gasteiger charge is 2.30. The van der Waals surface area contributed by atoms with Gasteiger partial charge >= 0.3 is 39.5 Å². The molecule has 19 heteroatoms. The summed E-state index contributed by atoms with van der Waals surface area (Å²) in [4.78, 5) is 72.4. The molecule has 0 aliphatic heterocycles. The first-order chi connectivity index (χ1) is 43.6. The first-order valence-electron chi connectivity index (χ1n) is 36.5. The molecule has 17 nitrogen and oxygen atoms in total. The molecule has 90 heavy (non-hydrogen) atoms. The number of carbonyl (C=O) groups excluding carboxylic acids is 4. The molecule has 0 radical (unpaired) electrons. The van der Waals surface area contributed by atoms with E-state index in [9.17, 15) is 43.2 Å². The van der Waals surface area contributed by atoms with Crippen molar-refractivity contribution in [3.05, 3.63) is 24.3 Å². The van der Waals surface area contributed by atoms with Gasteiger partial charge in [0.05, 0.1) is 26.4 Å².